The molecule has 1 saturated heterocycles. The zero-order valence-electron chi connectivity index (χ0n) is 15.5. The van der Waals surface area contributed by atoms with Crippen molar-refractivity contribution in [3.8, 4) is 17.2 Å². The average molecular weight is 398 g/mol. The third-order valence-electron chi connectivity index (χ3n) is 4.17. The van der Waals surface area contributed by atoms with Crippen molar-refractivity contribution in [2.45, 2.75) is 0 Å². The molecule has 2 aromatic rings. The number of amides is 2. The van der Waals surface area contributed by atoms with Crippen LogP contribution in [0.15, 0.2) is 48.0 Å². The number of methoxy groups -OCH3 is 3. The summed E-state index contributed by atoms with van der Waals surface area (Å²) in [6.45, 7) is 0. The molecule has 144 valence electrons. The van der Waals surface area contributed by atoms with Crippen LogP contribution in [-0.4, -0.2) is 38.3 Å². The van der Waals surface area contributed by atoms with E-state index >= 15 is 0 Å². The Hall–Kier alpha value is -3.39. The van der Waals surface area contributed by atoms with Crippen LogP contribution in [0.25, 0.3) is 6.08 Å². The molecule has 0 aliphatic carbocycles. The summed E-state index contributed by atoms with van der Waals surface area (Å²) < 4.78 is 15.7. The van der Waals surface area contributed by atoms with Gasteiger partial charge in [-0.3, -0.25) is 19.8 Å². The van der Waals surface area contributed by atoms with Crippen molar-refractivity contribution in [3.05, 3.63) is 53.6 Å². The van der Waals surface area contributed by atoms with Gasteiger partial charge in [0.05, 0.1) is 27.0 Å². The fraction of sp³-hybridized carbons (Fsp3) is 0.150. The van der Waals surface area contributed by atoms with Crippen LogP contribution in [0.4, 0.5) is 5.69 Å². The van der Waals surface area contributed by atoms with Gasteiger partial charge in [0.25, 0.3) is 11.8 Å². The van der Waals surface area contributed by atoms with Crippen LogP contribution in [0.2, 0.25) is 0 Å². The number of nitrogens with one attached hydrogen (secondary N) is 1. The van der Waals surface area contributed by atoms with Gasteiger partial charge in [-0.25, -0.2) is 0 Å². The molecule has 0 radical (unpaired) electrons. The summed E-state index contributed by atoms with van der Waals surface area (Å²) >= 11 is 5.20. The van der Waals surface area contributed by atoms with E-state index in [1.165, 1.54) is 25.2 Å². The zero-order chi connectivity index (χ0) is 20.3. The second-order valence-corrected chi connectivity index (χ2v) is 6.15. The molecule has 1 fully saturated rings. The van der Waals surface area contributed by atoms with E-state index in [2.05, 4.69) is 5.32 Å². The molecule has 1 aliphatic rings. The van der Waals surface area contributed by atoms with Crippen molar-refractivity contribution in [1.29, 1.82) is 0 Å². The van der Waals surface area contributed by atoms with Crippen LogP contribution >= 0.6 is 12.2 Å². The highest BCUT2D eigenvalue weighted by Gasteiger charge is 2.34. The van der Waals surface area contributed by atoms with Gasteiger partial charge < -0.3 is 14.2 Å². The summed E-state index contributed by atoms with van der Waals surface area (Å²) in [7, 11) is 4.58. The molecule has 0 saturated carbocycles. The predicted molar refractivity (Wildman–Crippen MR) is 109 cm³/mol. The Morgan fingerprint density at radius 3 is 2.18 bits per heavy atom. The smallest absolute Gasteiger partial charge is 0.270 e. The number of thiocarbonyl (C=S) groups is 1. The van der Waals surface area contributed by atoms with Crippen molar-refractivity contribution >= 4 is 40.9 Å². The number of benzene rings is 2. The van der Waals surface area contributed by atoms with E-state index in [1.54, 1.807) is 49.6 Å². The molecule has 8 heteroatoms. The first-order valence-electron chi connectivity index (χ1n) is 8.26. The van der Waals surface area contributed by atoms with Crippen molar-refractivity contribution in [3.63, 3.8) is 0 Å². The largest absolute Gasteiger partial charge is 0.497 e. The van der Waals surface area contributed by atoms with E-state index in [1.807, 2.05) is 0 Å². The summed E-state index contributed by atoms with van der Waals surface area (Å²) in [5.74, 6) is 0.588. The Labute approximate surface area is 167 Å². The van der Waals surface area contributed by atoms with Crippen LogP contribution in [-0.2, 0) is 9.59 Å². The third-order valence-corrected chi connectivity index (χ3v) is 4.45. The van der Waals surface area contributed by atoms with Gasteiger partial charge in [-0.05, 0) is 60.8 Å². The topological polar surface area (TPSA) is 77.1 Å². The van der Waals surface area contributed by atoms with Gasteiger partial charge in [-0.2, -0.15) is 0 Å². The van der Waals surface area contributed by atoms with Crippen LogP contribution in [0.5, 0.6) is 17.2 Å². The van der Waals surface area contributed by atoms with Crippen LogP contribution in [0.3, 0.4) is 0 Å². The number of carbonyl (C=O) groups is 2. The van der Waals surface area contributed by atoms with Gasteiger partial charge >= 0.3 is 0 Å². The molecule has 2 amide bonds. The summed E-state index contributed by atoms with van der Waals surface area (Å²) in [6.07, 6.45) is 1.46. The van der Waals surface area contributed by atoms with Gasteiger partial charge in [-0.1, -0.05) is 0 Å². The molecule has 0 aromatic heterocycles. The first kappa shape index (κ1) is 19.4. The molecule has 2 aromatic carbocycles. The Morgan fingerprint density at radius 2 is 1.57 bits per heavy atom. The summed E-state index contributed by atoms with van der Waals surface area (Å²) in [5, 5.41) is 2.56. The van der Waals surface area contributed by atoms with E-state index in [0.29, 0.717) is 28.5 Å². The number of hydrogen-bond acceptors (Lipinski definition) is 6. The monoisotopic (exact) mass is 398 g/mol. The zero-order valence-corrected chi connectivity index (χ0v) is 16.3. The Balaban J connectivity index is 2.03. The molecule has 1 aliphatic heterocycles. The molecule has 0 unspecified atom stereocenters. The first-order chi connectivity index (χ1) is 13.5. The van der Waals surface area contributed by atoms with Crippen LogP contribution in [0.1, 0.15) is 5.56 Å². The molecule has 3 rings (SSSR count). The standard InChI is InChI=1S/C20H18N2O5S/c1-25-14-6-4-13(5-7-14)22-19(24)16(18(23)21-20(22)28)11-12-10-15(26-2)8-9-17(12)27-3/h4-11H,1-3H3,(H,21,23,28)/b16-11+. The summed E-state index contributed by atoms with van der Waals surface area (Å²) in [5.41, 5.74) is 0.970. The number of anilines is 1. The van der Waals surface area contributed by atoms with E-state index in [9.17, 15) is 9.59 Å². The maximum absolute atomic E-state index is 13.1. The Morgan fingerprint density at radius 1 is 0.929 bits per heavy atom. The van der Waals surface area contributed by atoms with E-state index in [0.717, 1.165) is 0 Å². The number of rotatable bonds is 5. The van der Waals surface area contributed by atoms with Crippen molar-refractivity contribution < 1.29 is 23.8 Å². The minimum Gasteiger partial charge on any atom is -0.497 e. The fourth-order valence-corrected chi connectivity index (χ4v) is 3.01. The third kappa shape index (κ3) is 3.67. The van der Waals surface area contributed by atoms with Gasteiger partial charge in [0.15, 0.2) is 5.11 Å². The molecular weight excluding hydrogens is 380 g/mol. The van der Waals surface area contributed by atoms with E-state index in [-0.39, 0.29) is 10.7 Å². The summed E-state index contributed by atoms with van der Waals surface area (Å²) in [4.78, 5) is 26.8. The van der Waals surface area contributed by atoms with E-state index in [4.69, 9.17) is 26.4 Å². The SMILES string of the molecule is COc1ccc(N2C(=O)/C(=C/c3cc(OC)ccc3OC)C(=O)NC2=S)cc1. The number of carbonyl (C=O) groups excluding carboxylic acids is 2. The number of nitrogens with zero attached hydrogens (tertiary/aromatic N) is 1. The molecular formula is C20H18N2O5S. The van der Waals surface area contributed by atoms with Crippen LogP contribution < -0.4 is 24.4 Å². The number of ether oxygens (including phenoxy) is 3. The van der Waals surface area contributed by atoms with Crippen molar-refractivity contribution in [2.24, 2.45) is 0 Å². The quantitative estimate of drug-likeness (QED) is 0.474. The molecule has 0 spiro atoms. The van der Waals surface area contributed by atoms with Crippen molar-refractivity contribution in [1.82, 2.24) is 5.32 Å². The van der Waals surface area contributed by atoms with Gasteiger partial charge in [0.2, 0.25) is 0 Å². The minimum atomic E-state index is -0.579. The molecule has 0 bridgehead atoms. The van der Waals surface area contributed by atoms with Gasteiger partial charge in [-0.15, -0.1) is 0 Å². The Kier molecular flexibility index (Phi) is 5.60. The fourth-order valence-electron chi connectivity index (χ4n) is 2.73. The highest BCUT2D eigenvalue weighted by molar-refractivity contribution is 7.80. The second kappa shape index (κ2) is 8.10. The highest BCUT2D eigenvalue weighted by atomic mass is 32.1. The molecule has 1 N–H and O–H groups in total. The molecule has 7 nitrogen and oxygen atoms in total. The lowest BCUT2D eigenvalue weighted by Crippen LogP contribution is -2.54. The maximum atomic E-state index is 13.1. The Bertz CT molecular complexity index is 969. The average Bonchev–Trinajstić information content (AvgIpc) is 2.71. The lowest BCUT2D eigenvalue weighted by atomic mass is 10.1. The van der Waals surface area contributed by atoms with Gasteiger partial charge in [0, 0.05) is 5.56 Å². The highest BCUT2D eigenvalue weighted by Crippen LogP contribution is 2.29. The normalized spacial score (nSPS) is 15.5. The lowest BCUT2D eigenvalue weighted by molar-refractivity contribution is -0.122. The molecule has 0 atom stereocenters. The van der Waals surface area contributed by atoms with E-state index < -0.39 is 11.8 Å². The minimum absolute atomic E-state index is 0.00919. The van der Waals surface area contributed by atoms with Crippen molar-refractivity contribution in [2.75, 3.05) is 26.2 Å². The molecule has 1 heterocycles. The summed E-state index contributed by atoms with van der Waals surface area (Å²) in [6, 6.07) is 11.9. The predicted octanol–water partition coefficient (Wildman–Crippen LogP) is 2.54. The maximum Gasteiger partial charge on any atom is 0.270 e. The lowest BCUT2D eigenvalue weighted by Gasteiger charge is -2.29. The number of hydrogen-bond donors (Lipinski definition) is 1. The van der Waals surface area contributed by atoms with Crippen LogP contribution in [0, 0.1) is 0 Å². The molecule has 28 heavy (non-hydrogen) atoms. The second-order valence-electron chi connectivity index (χ2n) is 5.76. The van der Waals surface area contributed by atoms with Gasteiger partial charge in [0.1, 0.15) is 22.8 Å². The first-order valence-corrected chi connectivity index (χ1v) is 8.67.